The molecule has 2 aromatic carbocycles. The van der Waals surface area contributed by atoms with Crippen molar-refractivity contribution in [3.05, 3.63) is 64.2 Å². The van der Waals surface area contributed by atoms with Gasteiger partial charge in [-0.25, -0.2) is 0 Å². The van der Waals surface area contributed by atoms with Crippen LogP contribution in [0.1, 0.15) is 61.0 Å². The number of carbonyl (C=O) groups is 2. The number of rotatable bonds is 5. The Morgan fingerprint density at radius 2 is 1.44 bits per heavy atom. The van der Waals surface area contributed by atoms with Crippen molar-refractivity contribution in [2.24, 2.45) is 11.8 Å². The molecule has 4 rings (SSSR count). The van der Waals surface area contributed by atoms with Crippen LogP contribution in [0, 0.1) is 18.8 Å². The molecule has 2 fully saturated rings. The van der Waals surface area contributed by atoms with E-state index in [0.717, 1.165) is 63.1 Å². The highest BCUT2D eigenvalue weighted by Gasteiger charge is 2.37. The number of benzene rings is 2. The second kappa shape index (κ2) is 10.8. The van der Waals surface area contributed by atoms with E-state index in [9.17, 15) is 9.59 Å². The van der Waals surface area contributed by atoms with Crippen molar-refractivity contribution >= 4 is 29.1 Å². The standard InChI is InChI=1S/C30H40ClN3O2/c1-21-6-8-24(9-7-21)30(2,3)29(36)34-18-14-23(15-19-34)22-12-16-33(17-13-22)25-10-11-26(27(31)20-25)28(35)32(4)5/h6-11,20,22-23H,12-19H2,1-5H3. The summed E-state index contributed by atoms with van der Waals surface area (Å²) in [4.78, 5) is 31.7. The van der Waals surface area contributed by atoms with Gasteiger partial charge >= 0.3 is 0 Å². The van der Waals surface area contributed by atoms with Crippen molar-refractivity contribution in [3.63, 3.8) is 0 Å². The highest BCUT2D eigenvalue weighted by Crippen LogP contribution is 2.36. The molecule has 5 nitrogen and oxygen atoms in total. The molecule has 0 aliphatic carbocycles. The first-order chi connectivity index (χ1) is 17.1. The smallest absolute Gasteiger partial charge is 0.254 e. The Kier molecular flexibility index (Phi) is 7.99. The van der Waals surface area contributed by atoms with Crippen LogP contribution in [0.4, 0.5) is 5.69 Å². The zero-order valence-corrected chi connectivity index (χ0v) is 23.1. The van der Waals surface area contributed by atoms with Gasteiger partial charge in [0.2, 0.25) is 5.91 Å². The lowest BCUT2D eigenvalue weighted by Crippen LogP contribution is -2.48. The first-order valence-corrected chi connectivity index (χ1v) is 13.6. The molecule has 2 aliphatic heterocycles. The highest BCUT2D eigenvalue weighted by atomic mass is 35.5. The lowest BCUT2D eigenvalue weighted by atomic mass is 9.77. The minimum Gasteiger partial charge on any atom is -0.371 e. The minimum atomic E-state index is -0.500. The van der Waals surface area contributed by atoms with E-state index in [1.54, 1.807) is 19.0 Å². The summed E-state index contributed by atoms with van der Waals surface area (Å²) in [6, 6.07) is 14.2. The molecule has 2 aliphatic rings. The summed E-state index contributed by atoms with van der Waals surface area (Å²) in [5, 5.41) is 0.513. The summed E-state index contributed by atoms with van der Waals surface area (Å²) in [6.45, 7) is 9.90. The monoisotopic (exact) mass is 509 g/mol. The number of aryl methyl sites for hydroxylation is 1. The van der Waals surface area contributed by atoms with Crippen LogP contribution in [0.3, 0.4) is 0 Å². The molecule has 194 valence electrons. The number of halogens is 1. The van der Waals surface area contributed by atoms with Crippen molar-refractivity contribution < 1.29 is 9.59 Å². The predicted molar refractivity (Wildman–Crippen MR) is 148 cm³/mol. The summed E-state index contributed by atoms with van der Waals surface area (Å²) in [5.41, 5.74) is 3.44. The van der Waals surface area contributed by atoms with Gasteiger partial charge in [0.15, 0.2) is 0 Å². The second-order valence-electron chi connectivity index (χ2n) is 11.3. The van der Waals surface area contributed by atoms with Crippen molar-refractivity contribution in [1.82, 2.24) is 9.80 Å². The van der Waals surface area contributed by atoms with Gasteiger partial charge in [-0.2, -0.15) is 0 Å². The molecule has 2 aromatic rings. The second-order valence-corrected chi connectivity index (χ2v) is 11.7. The maximum Gasteiger partial charge on any atom is 0.254 e. The molecule has 0 spiro atoms. The van der Waals surface area contributed by atoms with Crippen LogP contribution in [0.15, 0.2) is 42.5 Å². The van der Waals surface area contributed by atoms with E-state index in [0.29, 0.717) is 22.4 Å². The van der Waals surface area contributed by atoms with Gasteiger partial charge in [0.05, 0.1) is 16.0 Å². The topological polar surface area (TPSA) is 43.9 Å². The Labute approximate surface area is 221 Å². The zero-order chi connectivity index (χ0) is 26.0. The number of piperidine rings is 2. The van der Waals surface area contributed by atoms with Gasteiger partial charge in [-0.3, -0.25) is 9.59 Å². The van der Waals surface area contributed by atoms with E-state index in [1.165, 1.54) is 5.56 Å². The summed E-state index contributed by atoms with van der Waals surface area (Å²) in [6.07, 6.45) is 4.49. The summed E-state index contributed by atoms with van der Waals surface area (Å²) in [7, 11) is 3.48. The molecule has 0 N–H and O–H groups in total. The van der Waals surface area contributed by atoms with Crippen LogP contribution < -0.4 is 4.90 Å². The average Bonchev–Trinajstić information content (AvgIpc) is 2.88. The average molecular weight is 510 g/mol. The molecule has 36 heavy (non-hydrogen) atoms. The van der Waals surface area contributed by atoms with Crippen LogP contribution in [-0.4, -0.2) is 61.9 Å². The quantitative estimate of drug-likeness (QED) is 0.513. The van der Waals surface area contributed by atoms with E-state index in [2.05, 4.69) is 54.8 Å². The van der Waals surface area contributed by atoms with Crippen molar-refractivity contribution in [1.29, 1.82) is 0 Å². The number of amides is 2. The predicted octanol–water partition coefficient (Wildman–Crippen LogP) is 5.78. The van der Waals surface area contributed by atoms with E-state index < -0.39 is 5.41 Å². The highest BCUT2D eigenvalue weighted by molar-refractivity contribution is 6.34. The van der Waals surface area contributed by atoms with Crippen LogP contribution in [-0.2, 0) is 10.2 Å². The molecular weight excluding hydrogens is 470 g/mol. The SMILES string of the molecule is Cc1ccc(C(C)(C)C(=O)N2CCC(C3CCN(c4ccc(C(=O)N(C)C)c(Cl)c4)CC3)CC2)cc1. The van der Waals surface area contributed by atoms with E-state index in [-0.39, 0.29) is 11.8 Å². The molecule has 2 heterocycles. The maximum atomic E-state index is 13.4. The molecule has 0 unspecified atom stereocenters. The Balaban J connectivity index is 1.29. The molecule has 0 aromatic heterocycles. The minimum absolute atomic E-state index is 0.0719. The fourth-order valence-corrected chi connectivity index (χ4v) is 6.06. The maximum absolute atomic E-state index is 13.4. The van der Waals surface area contributed by atoms with Crippen molar-refractivity contribution in [3.8, 4) is 0 Å². The van der Waals surface area contributed by atoms with Gasteiger partial charge in [-0.1, -0.05) is 41.4 Å². The van der Waals surface area contributed by atoms with Gasteiger partial charge in [0, 0.05) is 46.0 Å². The van der Waals surface area contributed by atoms with Crippen LogP contribution >= 0.6 is 11.6 Å². The lowest BCUT2D eigenvalue weighted by Gasteiger charge is -2.42. The Bertz CT molecular complexity index is 1080. The summed E-state index contributed by atoms with van der Waals surface area (Å²) in [5.74, 6) is 1.56. The molecule has 2 amide bonds. The summed E-state index contributed by atoms with van der Waals surface area (Å²) >= 11 is 6.45. The number of hydrogen-bond acceptors (Lipinski definition) is 3. The Morgan fingerprint density at radius 1 is 0.889 bits per heavy atom. The van der Waals surface area contributed by atoms with Crippen LogP contribution in [0.25, 0.3) is 0 Å². The number of carbonyl (C=O) groups excluding carboxylic acids is 2. The molecule has 0 radical (unpaired) electrons. The Hall–Kier alpha value is -2.53. The zero-order valence-electron chi connectivity index (χ0n) is 22.4. The van der Waals surface area contributed by atoms with E-state index in [4.69, 9.17) is 11.6 Å². The van der Waals surface area contributed by atoms with Crippen LogP contribution in [0.5, 0.6) is 0 Å². The molecule has 0 saturated carbocycles. The number of hydrogen-bond donors (Lipinski definition) is 0. The van der Waals surface area contributed by atoms with Crippen molar-refractivity contribution in [2.75, 3.05) is 45.2 Å². The summed E-state index contributed by atoms with van der Waals surface area (Å²) < 4.78 is 0. The van der Waals surface area contributed by atoms with Gasteiger partial charge in [0.25, 0.3) is 5.91 Å². The van der Waals surface area contributed by atoms with Gasteiger partial charge in [-0.05, 0) is 82.1 Å². The molecule has 0 bridgehead atoms. The molecular formula is C30H40ClN3O2. The Morgan fingerprint density at radius 3 is 1.97 bits per heavy atom. The third-order valence-corrected chi connectivity index (χ3v) is 8.61. The molecule has 0 atom stereocenters. The largest absolute Gasteiger partial charge is 0.371 e. The lowest BCUT2D eigenvalue weighted by molar-refractivity contribution is -0.138. The number of anilines is 1. The van der Waals surface area contributed by atoms with Gasteiger partial charge < -0.3 is 14.7 Å². The van der Waals surface area contributed by atoms with Gasteiger partial charge in [0.1, 0.15) is 0 Å². The fraction of sp³-hybridized carbons (Fsp3) is 0.533. The third kappa shape index (κ3) is 5.56. The first kappa shape index (κ1) is 26.5. The van der Waals surface area contributed by atoms with E-state index >= 15 is 0 Å². The third-order valence-electron chi connectivity index (χ3n) is 8.30. The molecule has 2 saturated heterocycles. The first-order valence-electron chi connectivity index (χ1n) is 13.2. The molecule has 6 heteroatoms. The van der Waals surface area contributed by atoms with Gasteiger partial charge in [-0.15, -0.1) is 0 Å². The van der Waals surface area contributed by atoms with E-state index in [1.807, 2.05) is 18.2 Å². The fourth-order valence-electron chi connectivity index (χ4n) is 5.81. The normalized spacial score (nSPS) is 17.8. The van der Waals surface area contributed by atoms with Crippen LogP contribution in [0.2, 0.25) is 5.02 Å². The number of nitrogens with zero attached hydrogens (tertiary/aromatic N) is 3. The number of likely N-dealkylation sites (tertiary alicyclic amines) is 1. The van der Waals surface area contributed by atoms with Crippen molar-refractivity contribution in [2.45, 2.75) is 51.9 Å².